The standard InChI is InChI=1S/2C29H38FN3O3.4ClH/c2*1-20(2)28-23-12-11-22(30)18-21(23)13-14-29(28,36-27(34)19-35-4)15-17-33(3)16-7-10-26-31-24-8-5-6-9-25(24)32-26;;;;/h2*5-6,8-9,11-12,18,20,28H,7,10,13-17,19H2,1-4H3,(H,31,32);4*1H/t2*28-,29-;;;;/m00..../s1. The summed E-state index contributed by atoms with van der Waals surface area (Å²) in [6, 6.07) is 26.2. The van der Waals surface area contributed by atoms with Gasteiger partial charge < -0.3 is 38.7 Å². The van der Waals surface area contributed by atoms with Crippen molar-refractivity contribution in [3.8, 4) is 0 Å². The van der Waals surface area contributed by atoms with Gasteiger partial charge in [0.15, 0.2) is 0 Å². The number of aryl methyl sites for hydroxylation is 4. The molecule has 4 aromatic carbocycles. The highest BCUT2D eigenvalue weighted by molar-refractivity contribution is 5.86. The Morgan fingerprint density at radius 1 is 0.605 bits per heavy atom. The molecule has 0 saturated carbocycles. The van der Waals surface area contributed by atoms with Crippen molar-refractivity contribution in [2.24, 2.45) is 11.8 Å². The lowest BCUT2D eigenvalue weighted by atomic mass is 9.65. The zero-order valence-corrected chi connectivity index (χ0v) is 48.6. The number of nitrogens with one attached hydrogen (secondary N) is 2. The van der Waals surface area contributed by atoms with E-state index < -0.39 is 11.2 Å². The lowest BCUT2D eigenvalue weighted by Gasteiger charge is -2.47. The monoisotopic (exact) mass is 1130 g/mol. The molecule has 0 bridgehead atoms. The smallest absolute Gasteiger partial charge is 0.332 e. The molecule has 2 N–H and O–H groups in total. The lowest BCUT2D eigenvalue weighted by molar-refractivity contribution is -0.173. The van der Waals surface area contributed by atoms with Crippen LogP contribution in [0.5, 0.6) is 0 Å². The van der Waals surface area contributed by atoms with E-state index in [0.717, 1.165) is 108 Å². The average Bonchev–Trinajstić information content (AvgIpc) is 3.96. The van der Waals surface area contributed by atoms with E-state index in [1.807, 2.05) is 60.7 Å². The summed E-state index contributed by atoms with van der Waals surface area (Å²) in [6.07, 6.45) is 7.85. The largest absolute Gasteiger partial charge is 0.457 e. The van der Waals surface area contributed by atoms with Gasteiger partial charge in [-0.25, -0.2) is 28.3 Å². The van der Waals surface area contributed by atoms with Crippen LogP contribution in [0.3, 0.4) is 0 Å². The second-order valence-electron chi connectivity index (χ2n) is 20.8. The predicted molar refractivity (Wildman–Crippen MR) is 308 cm³/mol. The van der Waals surface area contributed by atoms with E-state index in [9.17, 15) is 18.4 Å². The summed E-state index contributed by atoms with van der Waals surface area (Å²) in [5.74, 6) is 1.32. The zero-order chi connectivity index (χ0) is 51.4. The minimum atomic E-state index is -0.651. The molecule has 18 heteroatoms. The number of methoxy groups -OCH3 is 2. The first kappa shape index (κ1) is 65.9. The topological polar surface area (TPSA) is 135 Å². The van der Waals surface area contributed by atoms with Crippen LogP contribution in [-0.2, 0) is 54.2 Å². The number of imidazole rings is 2. The molecule has 0 spiro atoms. The Morgan fingerprint density at radius 2 is 0.987 bits per heavy atom. The number of para-hydroxylation sites is 4. The van der Waals surface area contributed by atoms with Crippen LogP contribution in [0, 0.1) is 23.5 Å². The Bertz CT molecular complexity index is 2500. The van der Waals surface area contributed by atoms with Gasteiger partial charge in [0, 0.05) is 64.8 Å². The maximum Gasteiger partial charge on any atom is 0.332 e. The molecule has 0 aliphatic heterocycles. The molecule has 2 aliphatic carbocycles. The van der Waals surface area contributed by atoms with E-state index in [-0.39, 0.29) is 110 Å². The van der Waals surface area contributed by atoms with Gasteiger partial charge in [0.1, 0.15) is 47.7 Å². The van der Waals surface area contributed by atoms with Crippen molar-refractivity contribution in [1.29, 1.82) is 0 Å². The van der Waals surface area contributed by atoms with Crippen molar-refractivity contribution in [3.05, 3.63) is 130 Å². The van der Waals surface area contributed by atoms with Gasteiger partial charge >= 0.3 is 11.9 Å². The second kappa shape index (κ2) is 30.7. The van der Waals surface area contributed by atoms with Crippen molar-refractivity contribution >= 4 is 83.6 Å². The maximum absolute atomic E-state index is 14.0. The van der Waals surface area contributed by atoms with Crippen LogP contribution in [0.2, 0.25) is 0 Å². The Hall–Kier alpha value is -4.38. The Balaban J connectivity index is 0.000000380. The van der Waals surface area contributed by atoms with Crippen molar-refractivity contribution in [2.45, 2.75) is 115 Å². The van der Waals surface area contributed by atoms with E-state index >= 15 is 0 Å². The third kappa shape index (κ3) is 16.8. The maximum atomic E-state index is 14.0. The fourth-order valence-corrected chi connectivity index (χ4v) is 11.6. The van der Waals surface area contributed by atoms with Crippen LogP contribution in [-0.4, -0.2) is 121 Å². The fourth-order valence-electron chi connectivity index (χ4n) is 11.6. The number of benzene rings is 4. The van der Waals surface area contributed by atoms with E-state index in [1.165, 1.54) is 26.4 Å². The lowest BCUT2D eigenvalue weighted by Crippen LogP contribution is -2.49. The molecule has 8 rings (SSSR count). The third-order valence-electron chi connectivity index (χ3n) is 14.8. The van der Waals surface area contributed by atoms with Gasteiger partial charge in [-0.3, -0.25) is 0 Å². The van der Waals surface area contributed by atoms with Crippen molar-refractivity contribution in [3.63, 3.8) is 0 Å². The van der Waals surface area contributed by atoms with Crippen LogP contribution < -0.4 is 0 Å². The molecule has 76 heavy (non-hydrogen) atoms. The van der Waals surface area contributed by atoms with Gasteiger partial charge in [0.25, 0.3) is 0 Å². The van der Waals surface area contributed by atoms with Gasteiger partial charge in [0.2, 0.25) is 0 Å². The highest BCUT2D eigenvalue weighted by Crippen LogP contribution is 2.49. The highest BCUT2D eigenvalue weighted by atomic mass is 35.5. The fraction of sp³-hybridized carbons (Fsp3) is 0.517. The SMILES string of the molecule is COCC(=O)O[C@]1(CCN(C)CCCc2nc3ccccc3[nH]2)CCc2cc(F)ccc2[C@@H]1C(C)C.COCC(=O)O[C@]1(CCN(C)CCCc2nc3ccccc3[nH]2)CCc2cc(F)ccc2[C@@H]1C(C)C.Cl.Cl.Cl.Cl. The number of carbonyl (C=O) groups excluding carboxylic acids is 2. The number of ether oxygens (including phenoxy) is 4. The number of halogens is 6. The van der Waals surface area contributed by atoms with Gasteiger partial charge in [-0.05, 0) is 148 Å². The average molecular weight is 1140 g/mol. The number of H-pyrrole nitrogens is 2. The molecular weight excluding hydrogens is 1060 g/mol. The Labute approximate surface area is 473 Å². The number of hydrogen-bond acceptors (Lipinski definition) is 10. The van der Waals surface area contributed by atoms with Gasteiger partial charge in [-0.2, -0.15) is 0 Å². The normalized spacial score (nSPS) is 18.7. The molecule has 6 aromatic rings. The van der Waals surface area contributed by atoms with Crippen LogP contribution in [0.25, 0.3) is 22.1 Å². The van der Waals surface area contributed by atoms with Crippen molar-refractivity contribution in [2.75, 3.05) is 67.7 Å². The van der Waals surface area contributed by atoms with Crippen LogP contribution in [0.15, 0.2) is 84.9 Å². The number of fused-ring (bicyclic) bond motifs is 4. The third-order valence-corrected chi connectivity index (χ3v) is 14.8. The minimum absolute atomic E-state index is 0. The summed E-state index contributed by atoms with van der Waals surface area (Å²) < 4.78 is 50.6. The van der Waals surface area contributed by atoms with Crippen molar-refractivity contribution in [1.82, 2.24) is 29.7 Å². The number of rotatable bonds is 22. The Morgan fingerprint density at radius 3 is 1.34 bits per heavy atom. The summed E-state index contributed by atoms with van der Waals surface area (Å²) in [7, 11) is 7.23. The van der Waals surface area contributed by atoms with E-state index in [0.29, 0.717) is 38.5 Å². The molecule has 0 saturated heterocycles. The van der Waals surface area contributed by atoms with E-state index in [2.05, 4.69) is 71.5 Å². The first-order valence-corrected chi connectivity index (χ1v) is 25.8. The summed E-state index contributed by atoms with van der Waals surface area (Å²) in [4.78, 5) is 46.1. The molecule has 2 heterocycles. The summed E-state index contributed by atoms with van der Waals surface area (Å²) in [5, 5.41) is 0. The molecule has 0 amide bonds. The summed E-state index contributed by atoms with van der Waals surface area (Å²) >= 11 is 0. The minimum Gasteiger partial charge on any atom is -0.457 e. The molecule has 0 radical (unpaired) electrons. The predicted octanol–water partition coefficient (Wildman–Crippen LogP) is 12.2. The van der Waals surface area contributed by atoms with Crippen molar-refractivity contribution < 1.29 is 37.3 Å². The summed E-state index contributed by atoms with van der Waals surface area (Å²) in [6.45, 7) is 11.9. The van der Waals surface area contributed by atoms with Gasteiger partial charge in [0.05, 0.1) is 22.1 Å². The molecular formula is C58H80Cl4F2N6O6. The highest BCUT2D eigenvalue weighted by Gasteiger charge is 2.49. The second-order valence-corrected chi connectivity index (χ2v) is 20.8. The van der Waals surface area contributed by atoms with Crippen LogP contribution in [0.1, 0.15) is 112 Å². The van der Waals surface area contributed by atoms with E-state index in [1.54, 1.807) is 12.1 Å². The number of aromatic nitrogens is 4. The molecule has 0 fully saturated rings. The number of nitrogens with zero attached hydrogens (tertiary/aromatic N) is 4. The molecule has 420 valence electrons. The van der Waals surface area contributed by atoms with Crippen LogP contribution >= 0.6 is 49.6 Å². The van der Waals surface area contributed by atoms with E-state index in [4.69, 9.17) is 18.9 Å². The molecule has 12 nitrogen and oxygen atoms in total. The molecule has 0 unspecified atom stereocenters. The molecule has 2 aromatic heterocycles. The molecule has 4 atom stereocenters. The summed E-state index contributed by atoms with van der Waals surface area (Å²) in [5.41, 5.74) is 7.05. The number of carbonyl (C=O) groups is 2. The molecule has 2 aliphatic rings. The number of esters is 2. The van der Waals surface area contributed by atoms with Gasteiger partial charge in [-0.15, -0.1) is 49.6 Å². The van der Waals surface area contributed by atoms with Crippen LogP contribution in [0.4, 0.5) is 8.78 Å². The zero-order valence-electron chi connectivity index (χ0n) is 45.3. The quantitative estimate of drug-likeness (QED) is 0.0633. The first-order chi connectivity index (χ1) is 34.6. The number of hydrogen-bond donors (Lipinski definition) is 2. The number of aromatic amines is 2. The Kier molecular flexibility index (Phi) is 26.6. The first-order valence-electron chi connectivity index (χ1n) is 25.8. The van der Waals surface area contributed by atoms with Gasteiger partial charge in [-0.1, -0.05) is 64.1 Å².